The number of ether oxygens (including phenoxy) is 1. The first-order chi connectivity index (χ1) is 12.2. The van der Waals surface area contributed by atoms with Crippen LogP contribution in [0.1, 0.15) is 25.7 Å². The molecule has 7 heteroatoms. The van der Waals surface area contributed by atoms with E-state index in [2.05, 4.69) is 20.2 Å². The van der Waals surface area contributed by atoms with E-state index in [-0.39, 0.29) is 17.7 Å². The minimum Gasteiger partial charge on any atom is -0.377 e. The second-order valence-electron chi connectivity index (χ2n) is 7.16. The molecule has 1 aliphatic heterocycles. The van der Waals surface area contributed by atoms with Crippen LogP contribution >= 0.6 is 0 Å². The summed E-state index contributed by atoms with van der Waals surface area (Å²) in [7, 11) is 0. The van der Waals surface area contributed by atoms with Crippen LogP contribution in [-0.2, 0) is 9.53 Å². The molecule has 1 aromatic carbocycles. The SMILES string of the molecule is O=C(CN1CCCC(OCC2CC2)C1)Nc1ccc2[nH]c(=O)[nH]c2c1. The Kier molecular flexibility index (Phi) is 4.59. The Bertz CT molecular complexity index is 808. The molecule has 1 saturated heterocycles. The van der Waals surface area contributed by atoms with Gasteiger partial charge in [0.25, 0.3) is 0 Å². The van der Waals surface area contributed by atoms with Crippen LogP contribution < -0.4 is 11.0 Å². The maximum absolute atomic E-state index is 12.3. The summed E-state index contributed by atoms with van der Waals surface area (Å²) in [6.07, 6.45) is 5.01. The van der Waals surface area contributed by atoms with Crippen LogP contribution in [-0.4, -0.2) is 53.1 Å². The number of carbonyl (C=O) groups excluding carboxylic acids is 1. The van der Waals surface area contributed by atoms with Gasteiger partial charge in [0, 0.05) is 18.8 Å². The highest BCUT2D eigenvalue weighted by molar-refractivity contribution is 5.94. The number of nitrogens with zero attached hydrogens (tertiary/aromatic N) is 1. The van der Waals surface area contributed by atoms with Crippen molar-refractivity contribution in [3.8, 4) is 0 Å². The van der Waals surface area contributed by atoms with Gasteiger partial charge in [-0.1, -0.05) is 0 Å². The highest BCUT2D eigenvalue weighted by atomic mass is 16.5. The second kappa shape index (κ2) is 7.01. The number of fused-ring (bicyclic) bond motifs is 1. The van der Waals surface area contributed by atoms with Gasteiger partial charge in [-0.25, -0.2) is 4.79 Å². The number of amides is 1. The van der Waals surface area contributed by atoms with Crippen LogP contribution in [0.2, 0.25) is 0 Å². The van der Waals surface area contributed by atoms with Crippen molar-refractivity contribution in [3.05, 3.63) is 28.7 Å². The zero-order valence-corrected chi connectivity index (χ0v) is 14.2. The third-order valence-corrected chi connectivity index (χ3v) is 4.89. The lowest BCUT2D eigenvalue weighted by atomic mass is 10.1. The predicted molar refractivity (Wildman–Crippen MR) is 95.7 cm³/mol. The number of likely N-dealkylation sites (tertiary alicyclic amines) is 1. The number of H-pyrrole nitrogens is 2. The third kappa shape index (κ3) is 4.29. The molecule has 1 atom stereocenters. The summed E-state index contributed by atoms with van der Waals surface area (Å²) >= 11 is 0. The highest BCUT2D eigenvalue weighted by Crippen LogP contribution is 2.30. The Labute approximate surface area is 145 Å². The van der Waals surface area contributed by atoms with Crippen LogP contribution in [0.15, 0.2) is 23.0 Å². The molecular formula is C18H24N4O3. The maximum atomic E-state index is 12.3. The quantitative estimate of drug-likeness (QED) is 0.744. The molecular weight excluding hydrogens is 320 g/mol. The molecule has 1 amide bonds. The standard InChI is InChI=1S/C18H24N4O3/c23-17(19-13-5-6-15-16(8-13)21-18(24)20-15)10-22-7-1-2-14(9-22)25-11-12-3-4-12/h5-6,8,12,14H,1-4,7,9-11H2,(H,19,23)(H2,20,21,24). The number of carbonyl (C=O) groups is 1. The topological polar surface area (TPSA) is 90.2 Å². The number of piperidine rings is 1. The van der Waals surface area contributed by atoms with Crippen LogP contribution in [0, 0.1) is 5.92 Å². The van der Waals surface area contributed by atoms with Gasteiger partial charge in [0.05, 0.1) is 23.7 Å². The molecule has 2 aromatic rings. The van der Waals surface area contributed by atoms with Crippen molar-refractivity contribution in [3.63, 3.8) is 0 Å². The number of aromatic amines is 2. The van der Waals surface area contributed by atoms with Crippen LogP contribution in [0.25, 0.3) is 11.0 Å². The van der Waals surface area contributed by atoms with E-state index >= 15 is 0 Å². The molecule has 25 heavy (non-hydrogen) atoms. The molecule has 2 fully saturated rings. The van der Waals surface area contributed by atoms with E-state index in [4.69, 9.17) is 4.74 Å². The lowest BCUT2D eigenvalue weighted by Gasteiger charge is -2.32. The lowest BCUT2D eigenvalue weighted by molar-refractivity contribution is -0.118. The van der Waals surface area contributed by atoms with E-state index in [1.54, 1.807) is 18.2 Å². The summed E-state index contributed by atoms with van der Waals surface area (Å²) in [5.41, 5.74) is 1.86. The Morgan fingerprint density at radius 2 is 2.08 bits per heavy atom. The molecule has 1 aromatic heterocycles. The van der Waals surface area contributed by atoms with E-state index in [9.17, 15) is 9.59 Å². The third-order valence-electron chi connectivity index (χ3n) is 4.89. The van der Waals surface area contributed by atoms with Crippen molar-refractivity contribution in [1.82, 2.24) is 14.9 Å². The lowest BCUT2D eigenvalue weighted by Crippen LogP contribution is -2.43. The molecule has 134 valence electrons. The summed E-state index contributed by atoms with van der Waals surface area (Å²) in [5, 5.41) is 2.91. The predicted octanol–water partition coefficient (Wildman–Crippen LogP) is 1.69. The number of hydrogen-bond donors (Lipinski definition) is 3. The van der Waals surface area contributed by atoms with Crippen LogP contribution in [0.4, 0.5) is 5.69 Å². The fourth-order valence-corrected chi connectivity index (χ4v) is 3.36. The van der Waals surface area contributed by atoms with Crippen LogP contribution in [0.5, 0.6) is 0 Å². The molecule has 0 spiro atoms. The number of nitrogens with one attached hydrogen (secondary N) is 3. The van der Waals surface area contributed by atoms with Crippen molar-refractivity contribution in [1.29, 1.82) is 0 Å². The first-order valence-electron chi connectivity index (χ1n) is 9.01. The summed E-state index contributed by atoms with van der Waals surface area (Å²) in [6, 6.07) is 5.34. The normalized spacial score (nSPS) is 21.5. The maximum Gasteiger partial charge on any atom is 0.323 e. The number of aromatic nitrogens is 2. The van der Waals surface area contributed by atoms with E-state index in [0.29, 0.717) is 17.7 Å². The van der Waals surface area contributed by atoms with Gasteiger partial charge in [-0.15, -0.1) is 0 Å². The van der Waals surface area contributed by atoms with Crippen LogP contribution in [0.3, 0.4) is 0 Å². The van der Waals surface area contributed by atoms with Crippen molar-refractivity contribution >= 4 is 22.6 Å². The molecule has 3 N–H and O–H groups in total. The Balaban J connectivity index is 1.30. The van der Waals surface area contributed by atoms with Gasteiger partial charge in [-0.3, -0.25) is 9.69 Å². The minimum atomic E-state index is -0.246. The smallest absolute Gasteiger partial charge is 0.323 e. The number of rotatable bonds is 6. The van der Waals surface area contributed by atoms with Gasteiger partial charge < -0.3 is 20.0 Å². The molecule has 0 radical (unpaired) electrons. The molecule has 7 nitrogen and oxygen atoms in total. The molecule has 2 aliphatic rings. The largest absolute Gasteiger partial charge is 0.377 e. The van der Waals surface area contributed by atoms with Gasteiger partial charge in [0.1, 0.15) is 0 Å². The van der Waals surface area contributed by atoms with E-state index in [1.165, 1.54) is 12.8 Å². The summed E-state index contributed by atoms with van der Waals surface area (Å²) < 4.78 is 5.98. The Hall–Kier alpha value is -2.12. The molecule has 4 rings (SSSR count). The van der Waals surface area contributed by atoms with Gasteiger partial charge in [0.15, 0.2) is 0 Å². The van der Waals surface area contributed by atoms with Crippen molar-refractivity contribution in [2.45, 2.75) is 31.8 Å². The molecule has 1 unspecified atom stereocenters. The first-order valence-corrected chi connectivity index (χ1v) is 9.01. The molecule has 1 aliphatic carbocycles. The van der Waals surface area contributed by atoms with Crippen molar-refractivity contribution in [2.24, 2.45) is 5.92 Å². The van der Waals surface area contributed by atoms with E-state index < -0.39 is 0 Å². The van der Waals surface area contributed by atoms with Gasteiger partial charge in [-0.2, -0.15) is 0 Å². The first kappa shape index (κ1) is 16.4. The number of anilines is 1. The van der Waals surface area contributed by atoms with E-state index in [0.717, 1.165) is 44.0 Å². The van der Waals surface area contributed by atoms with Crippen molar-refractivity contribution in [2.75, 3.05) is 31.6 Å². The Morgan fingerprint density at radius 3 is 2.92 bits per heavy atom. The monoisotopic (exact) mass is 344 g/mol. The molecule has 1 saturated carbocycles. The zero-order valence-electron chi connectivity index (χ0n) is 14.2. The van der Waals surface area contributed by atoms with Gasteiger partial charge in [0.2, 0.25) is 5.91 Å². The molecule has 0 bridgehead atoms. The number of benzene rings is 1. The summed E-state index contributed by atoms with van der Waals surface area (Å²) in [4.78, 5) is 31.2. The second-order valence-corrected chi connectivity index (χ2v) is 7.16. The van der Waals surface area contributed by atoms with E-state index in [1.807, 2.05) is 0 Å². The number of imidazole rings is 1. The average Bonchev–Trinajstić information content (AvgIpc) is 3.33. The van der Waals surface area contributed by atoms with Crippen molar-refractivity contribution < 1.29 is 9.53 Å². The Morgan fingerprint density at radius 1 is 1.24 bits per heavy atom. The summed E-state index contributed by atoms with van der Waals surface area (Å²) in [5.74, 6) is 0.730. The summed E-state index contributed by atoms with van der Waals surface area (Å²) in [6.45, 7) is 3.00. The highest BCUT2D eigenvalue weighted by Gasteiger charge is 2.26. The average molecular weight is 344 g/mol. The fourth-order valence-electron chi connectivity index (χ4n) is 3.36. The minimum absolute atomic E-state index is 0.0416. The molecule has 2 heterocycles. The van der Waals surface area contributed by atoms with Gasteiger partial charge in [-0.05, 0) is 56.3 Å². The fraction of sp³-hybridized carbons (Fsp3) is 0.556. The zero-order chi connectivity index (χ0) is 17.2. The number of hydrogen-bond acceptors (Lipinski definition) is 4. The van der Waals surface area contributed by atoms with Gasteiger partial charge >= 0.3 is 5.69 Å².